The normalized spacial score (nSPS) is 25.0. The van der Waals surface area contributed by atoms with Gasteiger partial charge in [-0.1, -0.05) is 15.9 Å². The predicted molar refractivity (Wildman–Crippen MR) is 79.9 cm³/mol. The zero-order valence-electron chi connectivity index (χ0n) is 11.7. The van der Waals surface area contributed by atoms with E-state index in [-0.39, 0.29) is 23.1 Å². The van der Waals surface area contributed by atoms with Crippen LogP contribution in [0.4, 0.5) is 4.39 Å². The molecule has 1 spiro atoms. The van der Waals surface area contributed by atoms with Crippen molar-refractivity contribution in [1.29, 1.82) is 0 Å². The first-order valence-corrected chi connectivity index (χ1v) is 8.10. The molecule has 2 fully saturated rings. The highest BCUT2D eigenvalue weighted by atomic mass is 79.9. The zero-order valence-corrected chi connectivity index (χ0v) is 13.3. The molecule has 114 valence electrons. The average molecular weight is 357 g/mol. The summed E-state index contributed by atoms with van der Waals surface area (Å²) < 4.78 is 25.4. The van der Waals surface area contributed by atoms with Gasteiger partial charge in [-0.15, -0.1) is 0 Å². The molecule has 1 unspecified atom stereocenters. The van der Waals surface area contributed by atoms with Crippen LogP contribution in [-0.2, 0) is 9.47 Å². The number of halogens is 2. The van der Waals surface area contributed by atoms with Gasteiger partial charge >= 0.3 is 0 Å². The van der Waals surface area contributed by atoms with Crippen molar-refractivity contribution in [3.8, 4) is 0 Å². The molecule has 3 nitrogen and oxygen atoms in total. The molecule has 21 heavy (non-hydrogen) atoms. The Morgan fingerprint density at radius 1 is 1.29 bits per heavy atom. The SMILES string of the molecule is O=C(c1cc(F)ccc1Br)C1CCOC2(CCOCC2)C1. The maximum absolute atomic E-state index is 13.4. The summed E-state index contributed by atoms with van der Waals surface area (Å²) in [7, 11) is 0. The molecule has 2 saturated heterocycles. The topological polar surface area (TPSA) is 35.5 Å². The van der Waals surface area contributed by atoms with Crippen molar-refractivity contribution in [3.63, 3.8) is 0 Å². The van der Waals surface area contributed by atoms with Crippen molar-refractivity contribution in [1.82, 2.24) is 0 Å². The highest BCUT2D eigenvalue weighted by molar-refractivity contribution is 9.10. The molecule has 5 heteroatoms. The monoisotopic (exact) mass is 356 g/mol. The lowest BCUT2D eigenvalue weighted by molar-refractivity contribution is -0.142. The Morgan fingerprint density at radius 2 is 2.05 bits per heavy atom. The van der Waals surface area contributed by atoms with Crippen LogP contribution in [-0.4, -0.2) is 31.2 Å². The quantitative estimate of drug-likeness (QED) is 0.757. The number of carbonyl (C=O) groups excluding carboxylic acids is 1. The molecule has 2 heterocycles. The molecule has 0 radical (unpaired) electrons. The molecule has 2 aliphatic heterocycles. The predicted octanol–water partition coefficient (Wildman–Crippen LogP) is 3.75. The van der Waals surface area contributed by atoms with E-state index in [1.807, 2.05) is 0 Å². The second kappa shape index (κ2) is 6.15. The number of benzene rings is 1. The van der Waals surface area contributed by atoms with Gasteiger partial charge in [-0.25, -0.2) is 4.39 Å². The van der Waals surface area contributed by atoms with Gasteiger partial charge in [-0.2, -0.15) is 0 Å². The van der Waals surface area contributed by atoms with Crippen molar-refractivity contribution >= 4 is 21.7 Å². The smallest absolute Gasteiger partial charge is 0.167 e. The molecular formula is C16H18BrFO3. The van der Waals surface area contributed by atoms with Crippen LogP contribution in [0.25, 0.3) is 0 Å². The van der Waals surface area contributed by atoms with E-state index in [0.29, 0.717) is 42.7 Å². The fourth-order valence-corrected chi connectivity index (χ4v) is 3.69. The summed E-state index contributed by atoms with van der Waals surface area (Å²) in [6, 6.07) is 4.26. The Bertz CT molecular complexity index is 535. The lowest BCUT2D eigenvalue weighted by atomic mass is 9.78. The highest BCUT2D eigenvalue weighted by Gasteiger charge is 2.41. The van der Waals surface area contributed by atoms with Gasteiger partial charge in [0.1, 0.15) is 5.82 Å². The number of ether oxygens (including phenoxy) is 2. The van der Waals surface area contributed by atoms with Crippen LogP contribution in [0.15, 0.2) is 22.7 Å². The molecule has 1 aromatic carbocycles. The minimum Gasteiger partial charge on any atom is -0.381 e. The van der Waals surface area contributed by atoms with E-state index in [2.05, 4.69) is 15.9 Å². The van der Waals surface area contributed by atoms with Gasteiger partial charge in [0.25, 0.3) is 0 Å². The molecule has 1 aromatic rings. The lowest BCUT2D eigenvalue weighted by Crippen LogP contribution is -2.45. The molecule has 0 bridgehead atoms. The zero-order chi connectivity index (χ0) is 14.9. The molecule has 0 aliphatic carbocycles. The van der Waals surface area contributed by atoms with Gasteiger partial charge in [-0.3, -0.25) is 4.79 Å². The van der Waals surface area contributed by atoms with Gasteiger partial charge in [0.2, 0.25) is 0 Å². The van der Waals surface area contributed by atoms with E-state index >= 15 is 0 Å². The maximum atomic E-state index is 13.4. The third-order valence-corrected chi connectivity index (χ3v) is 5.15. The van der Waals surface area contributed by atoms with Crippen molar-refractivity contribution in [2.75, 3.05) is 19.8 Å². The summed E-state index contributed by atoms with van der Waals surface area (Å²) in [6.45, 7) is 1.96. The lowest BCUT2D eigenvalue weighted by Gasteiger charge is -2.43. The van der Waals surface area contributed by atoms with E-state index in [4.69, 9.17) is 9.47 Å². The van der Waals surface area contributed by atoms with Crippen LogP contribution in [0.3, 0.4) is 0 Å². The fraction of sp³-hybridized carbons (Fsp3) is 0.562. The Morgan fingerprint density at radius 3 is 2.81 bits per heavy atom. The van der Waals surface area contributed by atoms with E-state index in [1.165, 1.54) is 12.1 Å². The number of Topliss-reactive ketones (excluding diaryl/α,β-unsaturated/α-hetero) is 1. The maximum Gasteiger partial charge on any atom is 0.167 e. The second-order valence-electron chi connectivity index (χ2n) is 5.82. The van der Waals surface area contributed by atoms with Crippen LogP contribution in [0.5, 0.6) is 0 Å². The fourth-order valence-electron chi connectivity index (χ4n) is 3.25. The van der Waals surface area contributed by atoms with E-state index in [9.17, 15) is 9.18 Å². The van der Waals surface area contributed by atoms with Crippen molar-refractivity contribution < 1.29 is 18.7 Å². The number of hydrogen-bond acceptors (Lipinski definition) is 3. The van der Waals surface area contributed by atoms with Gasteiger partial charge in [0.15, 0.2) is 5.78 Å². The Kier molecular flexibility index (Phi) is 4.43. The van der Waals surface area contributed by atoms with E-state index < -0.39 is 0 Å². The first-order valence-electron chi connectivity index (χ1n) is 7.31. The third-order valence-electron chi connectivity index (χ3n) is 4.46. The number of rotatable bonds is 2. The van der Waals surface area contributed by atoms with Crippen molar-refractivity contribution in [2.24, 2.45) is 5.92 Å². The van der Waals surface area contributed by atoms with Crippen molar-refractivity contribution in [3.05, 3.63) is 34.1 Å². The van der Waals surface area contributed by atoms with Crippen LogP contribution >= 0.6 is 15.9 Å². The van der Waals surface area contributed by atoms with Crippen LogP contribution in [0.2, 0.25) is 0 Å². The number of ketones is 1. The summed E-state index contributed by atoms with van der Waals surface area (Å²) >= 11 is 3.35. The summed E-state index contributed by atoms with van der Waals surface area (Å²) in [6.07, 6.45) is 3.07. The molecular weight excluding hydrogens is 339 g/mol. The van der Waals surface area contributed by atoms with Gasteiger partial charge in [-0.05, 0) is 43.9 Å². The van der Waals surface area contributed by atoms with Crippen LogP contribution in [0, 0.1) is 11.7 Å². The first kappa shape index (κ1) is 15.1. The van der Waals surface area contributed by atoms with Gasteiger partial charge in [0.05, 0.1) is 5.60 Å². The molecule has 0 N–H and O–H groups in total. The molecule has 3 rings (SSSR count). The minimum atomic E-state index is -0.380. The number of carbonyl (C=O) groups is 1. The molecule has 0 amide bonds. The van der Waals surface area contributed by atoms with Crippen molar-refractivity contribution in [2.45, 2.75) is 31.3 Å². The third kappa shape index (κ3) is 3.20. The minimum absolute atomic E-state index is 0.00976. The summed E-state index contributed by atoms with van der Waals surface area (Å²) in [4.78, 5) is 12.7. The van der Waals surface area contributed by atoms with Crippen LogP contribution in [0.1, 0.15) is 36.0 Å². The second-order valence-corrected chi connectivity index (χ2v) is 6.68. The number of hydrogen-bond donors (Lipinski definition) is 0. The van der Waals surface area contributed by atoms with Crippen LogP contribution < -0.4 is 0 Å². The summed E-state index contributed by atoms with van der Waals surface area (Å²) in [5.74, 6) is -0.472. The van der Waals surface area contributed by atoms with Gasteiger partial charge in [0, 0.05) is 35.8 Å². The first-order chi connectivity index (χ1) is 10.1. The summed E-state index contributed by atoms with van der Waals surface area (Å²) in [5, 5.41) is 0. The Hall–Kier alpha value is -0.780. The summed E-state index contributed by atoms with van der Waals surface area (Å²) in [5.41, 5.74) is 0.209. The molecule has 2 aliphatic rings. The average Bonchev–Trinajstić information content (AvgIpc) is 2.50. The molecule has 0 aromatic heterocycles. The highest BCUT2D eigenvalue weighted by Crippen LogP contribution is 2.38. The Balaban J connectivity index is 1.79. The van der Waals surface area contributed by atoms with E-state index in [1.54, 1.807) is 6.07 Å². The van der Waals surface area contributed by atoms with E-state index in [0.717, 1.165) is 12.8 Å². The molecule has 0 saturated carbocycles. The standard InChI is InChI=1S/C16H18BrFO3/c17-14-2-1-12(18)9-13(14)15(19)11-3-6-21-16(10-11)4-7-20-8-5-16/h1-2,9,11H,3-8,10H2. The molecule has 1 atom stereocenters. The Labute approximate surface area is 131 Å². The van der Waals surface area contributed by atoms with Gasteiger partial charge < -0.3 is 9.47 Å². The largest absolute Gasteiger partial charge is 0.381 e.